The Hall–Kier alpha value is -2.15. The van der Waals surface area contributed by atoms with E-state index in [1.54, 1.807) is 24.3 Å². The molecule has 0 saturated carbocycles. The molecule has 0 spiro atoms. The Balaban J connectivity index is 2.41. The predicted molar refractivity (Wildman–Crippen MR) is 69.5 cm³/mol. The molecular formula is C11H8BrN3O3. The number of aromatic nitrogens is 1. The largest absolute Gasteiger partial charge is 0.431 e. The zero-order valence-corrected chi connectivity index (χ0v) is 10.6. The number of hydrogen-bond acceptors (Lipinski definition) is 5. The molecule has 18 heavy (non-hydrogen) atoms. The van der Waals surface area contributed by atoms with Gasteiger partial charge in [-0.05, 0) is 28.1 Å². The Morgan fingerprint density at radius 2 is 2.11 bits per heavy atom. The smallest absolute Gasteiger partial charge is 0.332 e. The van der Waals surface area contributed by atoms with Crippen molar-refractivity contribution >= 4 is 27.3 Å². The quantitative estimate of drug-likeness (QED) is 0.534. The molecule has 2 aromatic rings. The lowest BCUT2D eigenvalue weighted by molar-refractivity contribution is -0.386. The number of nitrogens with two attached hydrogens (primary N) is 1. The molecule has 0 aliphatic carbocycles. The molecule has 0 aliphatic rings. The summed E-state index contributed by atoms with van der Waals surface area (Å²) in [5.41, 5.74) is 5.85. The van der Waals surface area contributed by atoms with Crippen LogP contribution in [-0.2, 0) is 0 Å². The second-order valence-corrected chi connectivity index (χ2v) is 4.29. The van der Waals surface area contributed by atoms with Crippen molar-refractivity contribution in [2.45, 2.75) is 0 Å². The summed E-state index contributed by atoms with van der Waals surface area (Å²) in [6, 6.07) is 8.03. The fourth-order valence-corrected chi connectivity index (χ4v) is 1.62. The zero-order valence-electron chi connectivity index (χ0n) is 9.04. The fraction of sp³-hybridized carbons (Fsp3) is 0. The van der Waals surface area contributed by atoms with E-state index in [9.17, 15) is 10.1 Å². The highest BCUT2D eigenvalue weighted by Gasteiger charge is 2.18. The third-order valence-electron chi connectivity index (χ3n) is 2.12. The van der Waals surface area contributed by atoms with Crippen LogP contribution in [-0.4, -0.2) is 9.91 Å². The van der Waals surface area contributed by atoms with E-state index >= 15 is 0 Å². The minimum absolute atomic E-state index is 0.0962. The molecule has 0 bridgehead atoms. The standard InChI is InChI=1S/C11H8BrN3O3/c12-7-5-9(15(16)17)11(14-6-7)18-10-4-2-1-3-8(10)13/h1-6H,13H2. The lowest BCUT2D eigenvalue weighted by Gasteiger charge is -2.07. The third kappa shape index (κ3) is 2.57. The van der Waals surface area contributed by atoms with E-state index in [4.69, 9.17) is 10.5 Å². The average Bonchev–Trinajstić information content (AvgIpc) is 2.34. The van der Waals surface area contributed by atoms with Crippen molar-refractivity contribution in [1.82, 2.24) is 4.98 Å². The summed E-state index contributed by atoms with van der Waals surface area (Å²) in [7, 11) is 0. The van der Waals surface area contributed by atoms with Gasteiger partial charge >= 0.3 is 5.69 Å². The molecule has 0 saturated heterocycles. The predicted octanol–water partition coefficient (Wildman–Crippen LogP) is 3.13. The Morgan fingerprint density at radius 1 is 1.39 bits per heavy atom. The molecule has 1 aromatic carbocycles. The second kappa shape index (κ2) is 5.01. The van der Waals surface area contributed by atoms with Crippen molar-refractivity contribution in [1.29, 1.82) is 0 Å². The van der Waals surface area contributed by atoms with Crippen molar-refractivity contribution in [3.05, 3.63) is 51.1 Å². The molecule has 0 atom stereocenters. The van der Waals surface area contributed by atoms with E-state index in [1.807, 2.05) is 0 Å². The van der Waals surface area contributed by atoms with Gasteiger partial charge in [0.1, 0.15) is 0 Å². The van der Waals surface area contributed by atoms with Gasteiger partial charge in [-0.15, -0.1) is 0 Å². The van der Waals surface area contributed by atoms with Crippen LogP contribution in [0.15, 0.2) is 41.0 Å². The molecule has 0 fully saturated rings. The maximum Gasteiger partial charge on any atom is 0.332 e. The number of rotatable bonds is 3. The van der Waals surface area contributed by atoms with Crippen molar-refractivity contribution in [2.24, 2.45) is 0 Å². The molecule has 1 aromatic heterocycles. The number of nitrogens with zero attached hydrogens (tertiary/aromatic N) is 2. The van der Waals surface area contributed by atoms with E-state index in [0.29, 0.717) is 15.9 Å². The summed E-state index contributed by atoms with van der Waals surface area (Å²) >= 11 is 3.12. The Morgan fingerprint density at radius 3 is 2.78 bits per heavy atom. The van der Waals surface area contributed by atoms with Crippen LogP contribution < -0.4 is 10.5 Å². The van der Waals surface area contributed by atoms with Crippen LogP contribution in [0.5, 0.6) is 11.6 Å². The first-order valence-corrected chi connectivity index (χ1v) is 5.69. The Bertz CT molecular complexity index is 604. The van der Waals surface area contributed by atoms with Crippen molar-refractivity contribution in [3.63, 3.8) is 0 Å². The Labute approximate surface area is 111 Å². The van der Waals surface area contributed by atoms with Crippen LogP contribution in [0.1, 0.15) is 0 Å². The molecule has 7 heteroatoms. The maximum absolute atomic E-state index is 10.9. The van der Waals surface area contributed by atoms with Gasteiger partial charge in [-0.2, -0.15) is 0 Å². The summed E-state index contributed by atoms with van der Waals surface area (Å²) in [6.45, 7) is 0. The van der Waals surface area contributed by atoms with Gasteiger partial charge < -0.3 is 10.5 Å². The minimum Gasteiger partial charge on any atom is -0.431 e. The number of pyridine rings is 1. The molecule has 2 N–H and O–H groups in total. The van der Waals surface area contributed by atoms with Gasteiger partial charge in [0.15, 0.2) is 5.75 Å². The van der Waals surface area contributed by atoms with Crippen molar-refractivity contribution in [3.8, 4) is 11.6 Å². The molecule has 0 amide bonds. The van der Waals surface area contributed by atoms with E-state index in [1.165, 1.54) is 12.3 Å². The highest BCUT2D eigenvalue weighted by molar-refractivity contribution is 9.10. The lowest BCUT2D eigenvalue weighted by atomic mass is 10.3. The van der Waals surface area contributed by atoms with Crippen LogP contribution in [0.4, 0.5) is 11.4 Å². The lowest BCUT2D eigenvalue weighted by Crippen LogP contribution is -1.98. The topological polar surface area (TPSA) is 91.3 Å². The van der Waals surface area contributed by atoms with E-state index in [2.05, 4.69) is 20.9 Å². The Kier molecular flexibility index (Phi) is 3.42. The van der Waals surface area contributed by atoms with Crippen LogP contribution in [0.3, 0.4) is 0 Å². The van der Waals surface area contributed by atoms with Crippen LogP contribution in [0.2, 0.25) is 0 Å². The summed E-state index contributed by atoms with van der Waals surface area (Å²) in [4.78, 5) is 14.2. The molecule has 92 valence electrons. The molecule has 0 unspecified atom stereocenters. The number of ether oxygens (including phenoxy) is 1. The van der Waals surface area contributed by atoms with Crippen molar-refractivity contribution < 1.29 is 9.66 Å². The van der Waals surface area contributed by atoms with E-state index in [0.717, 1.165) is 0 Å². The van der Waals surface area contributed by atoms with E-state index < -0.39 is 4.92 Å². The molecule has 2 rings (SSSR count). The normalized spacial score (nSPS) is 10.1. The number of para-hydroxylation sites is 2. The van der Waals surface area contributed by atoms with Gasteiger partial charge in [0.05, 0.1) is 10.6 Å². The van der Waals surface area contributed by atoms with Crippen LogP contribution in [0, 0.1) is 10.1 Å². The molecule has 1 heterocycles. The SMILES string of the molecule is Nc1ccccc1Oc1ncc(Br)cc1[N+](=O)[O-]. The van der Waals surface area contributed by atoms with Gasteiger partial charge in [0.25, 0.3) is 5.88 Å². The summed E-state index contributed by atoms with van der Waals surface area (Å²) in [6.07, 6.45) is 1.42. The highest BCUT2D eigenvalue weighted by atomic mass is 79.9. The number of benzene rings is 1. The first kappa shape index (κ1) is 12.3. The minimum atomic E-state index is -0.563. The molecule has 0 radical (unpaired) electrons. The first-order chi connectivity index (χ1) is 8.58. The summed E-state index contributed by atoms with van der Waals surface area (Å²) in [5, 5.41) is 10.9. The average molecular weight is 310 g/mol. The summed E-state index contributed by atoms with van der Waals surface area (Å²) in [5.74, 6) is 0.233. The number of hydrogen-bond donors (Lipinski definition) is 1. The summed E-state index contributed by atoms with van der Waals surface area (Å²) < 4.78 is 5.86. The number of halogens is 1. The van der Waals surface area contributed by atoms with Gasteiger partial charge in [-0.3, -0.25) is 10.1 Å². The first-order valence-electron chi connectivity index (χ1n) is 4.90. The van der Waals surface area contributed by atoms with Gasteiger partial charge in [0.2, 0.25) is 0 Å². The van der Waals surface area contributed by atoms with Crippen LogP contribution >= 0.6 is 15.9 Å². The third-order valence-corrected chi connectivity index (χ3v) is 2.55. The second-order valence-electron chi connectivity index (χ2n) is 3.37. The maximum atomic E-state index is 10.9. The highest BCUT2D eigenvalue weighted by Crippen LogP contribution is 2.33. The number of nitrogen functional groups attached to an aromatic ring is 1. The monoisotopic (exact) mass is 309 g/mol. The van der Waals surface area contributed by atoms with Gasteiger partial charge in [-0.1, -0.05) is 12.1 Å². The van der Waals surface area contributed by atoms with Gasteiger partial charge in [0, 0.05) is 16.7 Å². The molecule has 6 nitrogen and oxygen atoms in total. The van der Waals surface area contributed by atoms with Gasteiger partial charge in [-0.25, -0.2) is 4.98 Å². The van der Waals surface area contributed by atoms with E-state index in [-0.39, 0.29) is 11.6 Å². The molecule has 0 aliphatic heterocycles. The zero-order chi connectivity index (χ0) is 13.1. The fourth-order valence-electron chi connectivity index (χ4n) is 1.30. The molecular weight excluding hydrogens is 302 g/mol. The number of anilines is 1. The van der Waals surface area contributed by atoms with Crippen molar-refractivity contribution in [2.75, 3.05) is 5.73 Å². The number of nitro groups is 1. The van der Waals surface area contributed by atoms with Crippen LogP contribution in [0.25, 0.3) is 0 Å².